The number of aliphatic imine (C=N–C) groups is 1. The van der Waals surface area contributed by atoms with Crippen molar-refractivity contribution in [1.29, 1.82) is 0 Å². The van der Waals surface area contributed by atoms with Crippen molar-refractivity contribution in [3.05, 3.63) is 73.8 Å². The third-order valence-corrected chi connectivity index (χ3v) is 4.24. The second kappa shape index (κ2) is 10.6. The molecular formula is C19H22BrF2N3O2. The van der Waals surface area contributed by atoms with Crippen LogP contribution in [0.15, 0.2) is 50.3 Å². The van der Waals surface area contributed by atoms with Gasteiger partial charge in [-0.2, -0.15) is 0 Å². The number of hydrogen-bond acceptors (Lipinski definition) is 4. The van der Waals surface area contributed by atoms with Gasteiger partial charge < -0.3 is 20.0 Å². The van der Waals surface area contributed by atoms with Gasteiger partial charge in [0.25, 0.3) is 5.56 Å². The van der Waals surface area contributed by atoms with E-state index in [9.17, 15) is 13.6 Å². The molecule has 1 aromatic carbocycles. The topological polar surface area (TPSA) is 69.6 Å². The van der Waals surface area contributed by atoms with Gasteiger partial charge in [0.15, 0.2) is 0 Å². The van der Waals surface area contributed by atoms with Crippen molar-refractivity contribution >= 4 is 22.6 Å². The van der Waals surface area contributed by atoms with Crippen molar-refractivity contribution in [3.8, 4) is 5.75 Å². The zero-order chi connectivity index (χ0) is 20.6. The van der Waals surface area contributed by atoms with Crippen LogP contribution in [0.4, 0.5) is 8.78 Å². The molecule has 0 bridgehead atoms. The smallest absolute Gasteiger partial charge is 0.269 e. The monoisotopic (exact) mass is 441 g/mol. The maximum Gasteiger partial charge on any atom is 0.269 e. The number of hydrogen-bond donors (Lipinski definition) is 1. The lowest BCUT2D eigenvalue weighted by Crippen LogP contribution is -2.24. The van der Waals surface area contributed by atoms with Crippen LogP contribution in [0.2, 0.25) is 0 Å². The van der Waals surface area contributed by atoms with Gasteiger partial charge in [-0.25, -0.2) is 8.78 Å². The van der Waals surface area contributed by atoms with Crippen molar-refractivity contribution in [1.82, 2.24) is 4.57 Å². The lowest BCUT2D eigenvalue weighted by Gasteiger charge is -2.15. The summed E-state index contributed by atoms with van der Waals surface area (Å²) in [7, 11) is 1.64. The van der Waals surface area contributed by atoms with Crippen LogP contribution in [0.3, 0.4) is 0 Å². The Bertz CT molecular complexity index is 895. The summed E-state index contributed by atoms with van der Waals surface area (Å²) >= 11 is 3.22. The Hall–Kier alpha value is -2.48. The Morgan fingerprint density at radius 1 is 1.41 bits per heavy atom. The maximum atomic E-state index is 13.6. The molecule has 0 spiro atoms. The molecule has 0 aliphatic heterocycles. The van der Waals surface area contributed by atoms with Crippen LogP contribution in [0.25, 0.3) is 0 Å². The number of nitrogens with zero attached hydrogens (tertiary/aromatic N) is 2. The first-order chi connectivity index (χ1) is 12.7. The molecule has 146 valence electrons. The fraction of sp³-hybridized carbons (Fsp3) is 0.263. The highest BCUT2D eigenvalue weighted by molar-refractivity contribution is 9.10. The quantitative estimate of drug-likeness (QED) is 0.713. The number of halogens is 3. The van der Waals surface area contributed by atoms with Crippen molar-refractivity contribution in [2.75, 3.05) is 7.05 Å². The summed E-state index contributed by atoms with van der Waals surface area (Å²) in [5.41, 5.74) is 6.90. The Morgan fingerprint density at radius 2 is 2.04 bits per heavy atom. The van der Waals surface area contributed by atoms with E-state index in [4.69, 9.17) is 10.5 Å². The molecule has 5 nitrogen and oxygen atoms in total. The molecule has 0 saturated heterocycles. The fourth-order valence-electron chi connectivity index (χ4n) is 2.11. The van der Waals surface area contributed by atoms with E-state index in [-0.39, 0.29) is 22.2 Å². The second-order valence-electron chi connectivity index (χ2n) is 5.71. The van der Waals surface area contributed by atoms with Gasteiger partial charge >= 0.3 is 0 Å². The molecular weight excluding hydrogens is 420 g/mol. The largest absolute Gasteiger partial charge is 0.487 e. The van der Waals surface area contributed by atoms with Crippen LogP contribution < -0.4 is 16.0 Å². The van der Waals surface area contributed by atoms with Crippen molar-refractivity contribution in [2.45, 2.75) is 27.0 Å². The molecule has 0 radical (unpaired) electrons. The van der Waals surface area contributed by atoms with Crippen molar-refractivity contribution in [2.24, 2.45) is 10.7 Å². The SMILES string of the molecule is C/C(=C\N)Cn1c(C)cc(OCc2ccc(F)cc2F)c(Br)c1=O.C=NC. The molecule has 0 unspecified atom stereocenters. The zero-order valence-electron chi connectivity index (χ0n) is 15.4. The number of benzene rings is 1. The summed E-state index contributed by atoms with van der Waals surface area (Å²) in [6.07, 6.45) is 1.45. The van der Waals surface area contributed by atoms with Gasteiger partial charge in [0.2, 0.25) is 0 Å². The Kier molecular flexibility index (Phi) is 8.87. The van der Waals surface area contributed by atoms with Gasteiger partial charge in [0.1, 0.15) is 28.5 Å². The molecule has 2 rings (SSSR count). The van der Waals surface area contributed by atoms with E-state index >= 15 is 0 Å². The predicted molar refractivity (Wildman–Crippen MR) is 107 cm³/mol. The number of nitrogens with two attached hydrogens (primary N) is 1. The molecule has 2 aromatic rings. The van der Waals surface area contributed by atoms with Crippen molar-refractivity contribution < 1.29 is 13.5 Å². The van der Waals surface area contributed by atoms with E-state index in [0.717, 1.165) is 17.7 Å². The molecule has 1 heterocycles. The van der Waals surface area contributed by atoms with E-state index in [1.165, 1.54) is 12.3 Å². The first kappa shape index (κ1) is 22.6. The minimum absolute atomic E-state index is 0.116. The Morgan fingerprint density at radius 3 is 2.59 bits per heavy atom. The minimum atomic E-state index is -0.695. The lowest BCUT2D eigenvalue weighted by molar-refractivity contribution is 0.295. The van der Waals surface area contributed by atoms with Crippen LogP contribution in [0, 0.1) is 18.6 Å². The molecule has 27 heavy (non-hydrogen) atoms. The molecule has 0 aliphatic carbocycles. The first-order valence-electron chi connectivity index (χ1n) is 7.94. The average Bonchev–Trinajstić information content (AvgIpc) is 2.62. The summed E-state index contributed by atoms with van der Waals surface area (Å²) in [6, 6.07) is 4.93. The number of allylic oxidation sites excluding steroid dienone is 1. The number of ether oxygens (including phenoxy) is 1. The third-order valence-electron chi connectivity index (χ3n) is 3.51. The highest BCUT2D eigenvalue weighted by atomic mass is 79.9. The van der Waals surface area contributed by atoms with Crippen LogP contribution in [-0.4, -0.2) is 18.3 Å². The van der Waals surface area contributed by atoms with Gasteiger partial charge in [-0.3, -0.25) is 4.79 Å². The molecule has 0 atom stereocenters. The summed E-state index contributed by atoms with van der Waals surface area (Å²) in [4.78, 5) is 15.7. The summed E-state index contributed by atoms with van der Waals surface area (Å²) in [6.45, 7) is 6.95. The average molecular weight is 442 g/mol. The summed E-state index contributed by atoms with van der Waals surface area (Å²) in [5.74, 6) is -1.05. The first-order valence-corrected chi connectivity index (χ1v) is 8.73. The van der Waals surface area contributed by atoms with Gasteiger partial charge in [-0.1, -0.05) is 0 Å². The zero-order valence-corrected chi connectivity index (χ0v) is 17.0. The van der Waals surface area contributed by atoms with Crippen molar-refractivity contribution in [3.63, 3.8) is 0 Å². The second-order valence-corrected chi connectivity index (χ2v) is 6.50. The van der Waals surface area contributed by atoms with E-state index in [0.29, 0.717) is 18.0 Å². The number of rotatable bonds is 5. The van der Waals surface area contributed by atoms with Crippen LogP contribution >= 0.6 is 15.9 Å². The van der Waals surface area contributed by atoms with E-state index in [1.807, 2.05) is 6.92 Å². The molecule has 1 aromatic heterocycles. The maximum absolute atomic E-state index is 13.6. The number of aryl methyl sites for hydroxylation is 1. The highest BCUT2D eigenvalue weighted by Gasteiger charge is 2.13. The minimum Gasteiger partial charge on any atom is -0.487 e. The van der Waals surface area contributed by atoms with Gasteiger partial charge in [0.05, 0.1) is 0 Å². The molecule has 0 amide bonds. The molecule has 8 heteroatoms. The standard InChI is InChI=1S/C17H17BrF2N2O2.C2H5N/c1-10(7-21)8-22-11(2)5-15(16(18)17(22)23)24-9-12-3-4-13(19)6-14(12)20;1-3-2/h3-7H,8-9,21H2,1-2H3;1H2,2H3/b10-7+;. The molecule has 0 aliphatic rings. The Balaban J connectivity index is 0.00000114. The van der Waals surface area contributed by atoms with Crippen LogP contribution in [0.5, 0.6) is 5.75 Å². The molecule has 0 fully saturated rings. The van der Waals surface area contributed by atoms with Gasteiger partial charge in [-0.05, 0) is 60.4 Å². The lowest BCUT2D eigenvalue weighted by atomic mass is 10.2. The van der Waals surface area contributed by atoms with Crippen LogP contribution in [-0.2, 0) is 13.2 Å². The van der Waals surface area contributed by atoms with Gasteiger partial charge in [-0.15, -0.1) is 0 Å². The highest BCUT2D eigenvalue weighted by Crippen LogP contribution is 2.24. The van der Waals surface area contributed by atoms with Gasteiger partial charge in [0, 0.05) is 37.0 Å². The Labute approximate surface area is 165 Å². The van der Waals surface area contributed by atoms with E-state index in [1.54, 1.807) is 24.6 Å². The summed E-state index contributed by atoms with van der Waals surface area (Å²) in [5, 5.41) is 0. The summed E-state index contributed by atoms with van der Waals surface area (Å²) < 4.78 is 33.9. The normalized spacial score (nSPS) is 10.8. The number of aromatic nitrogens is 1. The fourth-order valence-corrected chi connectivity index (χ4v) is 2.56. The van der Waals surface area contributed by atoms with Crippen LogP contribution in [0.1, 0.15) is 18.2 Å². The molecule has 0 saturated carbocycles. The number of pyridine rings is 1. The predicted octanol–water partition coefficient (Wildman–Crippen LogP) is 3.96. The van der Waals surface area contributed by atoms with E-state index < -0.39 is 11.6 Å². The van der Waals surface area contributed by atoms with E-state index in [2.05, 4.69) is 27.6 Å². The molecule has 2 N–H and O–H groups in total. The third kappa shape index (κ3) is 6.32.